The number of alkyl halides is 6. The van der Waals surface area contributed by atoms with Crippen molar-refractivity contribution in [2.24, 2.45) is 5.16 Å². The number of ketones is 1. The predicted octanol–water partition coefficient (Wildman–Crippen LogP) is 12.8. The molecule has 5 rings (SSSR count). The molecule has 0 aromatic heterocycles. The highest BCUT2D eigenvalue weighted by atomic mass is 35.5. The van der Waals surface area contributed by atoms with Gasteiger partial charge in [-0.2, -0.15) is 26.3 Å². The first-order valence-corrected chi connectivity index (χ1v) is 17.8. The van der Waals surface area contributed by atoms with Gasteiger partial charge in [0.25, 0.3) is 5.60 Å². The molecule has 0 aliphatic carbocycles. The van der Waals surface area contributed by atoms with Gasteiger partial charge in [0.15, 0.2) is 5.78 Å². The molecule has 1 unspecified atom stereocenters. The standard InChI is InChI=1S/C17H12Cl2F3NOS.C17H11Cl2F3OS/c1-25-14-4-2-10(3-5-14)15-9-16(24-23-15,17(20,21)22)11-6-12(18)8-13(19)7-11;1-24-14-4-2-10(3-5-14)16(23)9-15(17(20,21)22)11-6-12(18)8-13(19)7-11/h2-8H,9H2,1H3;2-9H,1H3. The van der Waals surface area contributed by atoms with E-state index in [4.69, 9.17) is 51.2 Å². The third-order valence-electron chi connectivity index (χ3n) is 7.07. The molecule has 258 valence electrons. The second-order valence-corrected chi connectivity index (χ2v) is 13.8. The molecule has 4 aromatic carbocycles. The molecule has 1 atom stereocenters. The van der Waals surface area contributed by atoms with Crippen LogP contribution in [0.5, 0.6) is 0 Å². The number of halogens is 10. The maximum absolute atomic E-state index is 13.9. The number of allylic oxidation sites excluding steroid dienone is 2. The number of hydrogen-bond donors (Lipinski definition) is 0. The summed E-state index contributed by atoms with van der Waals surface area (Å²) in [6, 6.07) is 20.8. The van der Waals surface area contributed by atoms with Crippen molar-refractivity contribution < 1.29 is 36.0 Å². The van der Waals surface area contributed by atoms with Gasteiger partial charge in [-0.05, 0) is 103 Å². The molecule has 4 aromatic rings. The average molecular weight is 797 g/mol. The first-order chi connectivity index (χ1) is 22.9. The molecule has 0 N–H and O–H groups in total. The lowest BCUT2D eigenvalue weighted by Gasteiger charge is -2.29. The van der Waals surface area contributed by atoms with Crippen molar-refractivity contribution in [1.82, 2.24) is 0 Å². The largest absolute Gasteiger partial charge is 0.435 e. The van der Waals surface area contributed by atoms with Crippen LogP contribution >= 0.6 is 69.9 Å². The van der Waals surface area contributed by atoms with Crippen LogP contribution in [0.15, 0.2) is 106 Å². The molecular weight excluding hydrogens is 774 g/mol. The van der Waals surface area contributed by atoms with Crippen molar-refractivity contribution >= 4 is 87.0 Å². The first kappa shape index (κ1) is 39.0. The minimum atomic E-state index is -4.72. The second-order valence-electron chi connectivity index (χ2n) is 10.3. The normalized spacial score (nSPS) is 16.4. The summed E-state index contributed by atoms with van der Waals surface area (Å²) in [6.45, 7) is 0. The van der Waals surface area contributed by atoms with Gasteiger partial charge in [-0.15, -0.1) is 23.5 Å². The smallest absolute Gasteiger partial charge is 0.374 e. The summed E-state index contributed by atoms with van der Waals surface area (Å²) >= 11 is 26.3. The molecule has 0 saturated heterocycles. The van der Waals surface area contributed by atoms with Crippen molar-refractivity contribution in [3.63, 3.8) is 0 Å². The fourth-order valence-corrected chi connectivity index (χ4v) is 6.51. The van der Waals surface area contributed by atoms with Crippen LogP contribution in [-0.2, 0) is 10.4 Å². The lowest BCUT2D eigenvalue weighted by molar-refractivity contribution is -0.275. The van der Waals surface area contributed by atoms with E-state index in [1.807, 2.05) is 24.6 Å². The number of carbonyl (C=O) groups excluding carboxylic acids is 1. The number of nitrogens with zero attached hydrogens (tertiary/aromatic N) is 1. The fourth-order valence-electron chi connectivity index (χ4n) is 4.64. The zero-order valence-corrected chi connectivity index (χ0v) is 29.9. The van der Waals surface area contributed by atoms with Crippen molar-refractivity contribution in [3.8, 4) is 0 Å². The highest BCUT2D eigenvalue weighted by molar-refractivity contribution is 7.98. The van der Waals surface area contributed by atoms with Gasteiger partial charge in [-0.1, -0.05) is 63.7 Å². The zero-order chi connectivity index (χ0) is 36.1. The van der Waals surface area contributed by atoms with Crippen LogP contribution in [0.4, 0.5) is 26.3 Å². The van der Waals surface area contributed by atoms with Gasteiger partial charge in [-0.3, -0.25) is 4.79 Å². The molecule has 0 radical (unpaired) electrons. The van der Waals surface area contributed by atoms with Crippen LogP contribution in [-0.4, -0.2) is 36.4 Å². The Labute approximate surface area is 306 Å². The predicted molar refractivity (Wildman–Crippen MR) is 188 cm³/mol. The Morgan fingerprint density at radius 3 is 1.65 bits per heavy atom. The quantitative estimate of drug-likeness (QED) is 0.0808. The van der Waals surface area contributed by atoms with Crippen molar-refractivity contribution in [3.05, 3.63) is 133 Å². The Morgan fingerprint density at radius 2 is 1.20 bits per heavy atom. The maximum Gasteiger partial charge on any atom is 0.435 e. The summed E-state index contributed by atoms with van der Waals surface area (Å²) in [7, 11) is 0. The van der Waals surface area contributed by atoms with E-state index in [1.54, 1.807) is 36.0 Å². The Kier molecular flexibility index (Phi) is 12.8. The van der Waals surface area contributed by atoms with Gasteiger partial charge in [0.05, 0.1) is 11.3 Å². The molecular formula is C34H23Cl4F6NO2S2. The lowest BCUT2D eigenvalue weighted by Crippen LogP contribution is -2.42. The third-order valence-corrected chi connectivity index (χ3v) is 9.43. The van der Waals surface area contributed by atoms with Gasteiger partial charge in [0.2, 0.25) is 0 Å². The van der Waals surface area contributed by atoms with Gasteiger partial charge in [0, 0.05) is 47.4 Å². The molecule has 0 amide bonds. The molecule has 49 heavy (non-hydrogen) atoms. The monoisotopic (exact) mass is 795 g/mol. The molecule has 0 saturated carbocycles. The molecule has 0 spiro atoms. The van der Waals surface area contributed by atoms with E-state index in [0.717, 1.165) is 21.9 Å². The van der Waals surface area contributed by atoms with Gasteiger partial charge in [0.1, 0.15) is 0 Å². The Hall–Kier alpha value is -2.80. The molecule has 15 heteroatoms. The van der Waals surface area contributed by atoms with E-state index in [-0.39, 0.29) is 42.5 Å². The van der Waals surface area contributed by atoms with E-state index < -0.39 is 35.7 Å². The highest BCUT2D eigenvalue weighted by Gasteiger charge is 2.62. The maximum atomic E-state index is 13.9. The van der Waals surface area contributed by atoms with Crippen LogP contribution in [0, 0.1) is 0 Å². The van der Waals surface area contributed by atoms with Crippen LogP contribution in [0.2, 0.25) is 20.1 Å². The molecule has 1 heterocycles. The van der Waals surface area contributed by atoms with Gasteiger partial charge in [-0.25, -0.2) is 0 Å². The van der Waals surface area contributed by atoms with E-state index in [0.29, 0.717) is 11.6 Å². The van der Waals surface area contributed by atoms with Crippen molar-refractivity contribution in [1.29, 1.82) is 0 Å². The van der Waals surface area contributed by atoms with Crippen LogP contribution in [0.25, 0.3) is 5.57 Å². The van der Waals surface area contributed by atoms with Gasteiger partial charge < -0.3 is 4.84 Å². The minimum absolute atomic E-state index is 0.0597. The number of benzene rings is 4. The molecule has 3 nitrogen and oxygen atoms in total. The van der Waals surface area contributed by atoms with Crippen LogP contribution < -0.4 is 0 Å². The van der Waals surface area contributed by atoms with E-state index in [1.165, 1.54) is 48.2 Å². The summed E-state index contributed by atoms with van der Waals surface area (Å²) in [6.07, 6.45) is -5.51. The number of carbonyl (C=O) groups is 1. The molecule has 0 bridgehead atoms. The molecule has 1 aliphatic rings. The lowest BCUT2D eigenvalue weighted by atomic mass is 9.86. The van der Waals surface area contributed by atoms with E-state index in [2.05, 4.69) is 5.16 Å². The fraction of sp³-hybridized carbons (Fsp3) is 0.176. The summed E-state index contributed by atoms with van der Waals surface area (Å²) in [5.41, 5.74) is -3.15. The third kappa shape index (κ3) is 9.71. The topological polar surface area (TPSA) is 38.7 Å². The van der Waals surface area contributed by atoms with Crippen LogP contribution in [0.3, 0.4) is 0 Å². The molecule has 1 aliphatic heterocycles. The van der Waals surface area contributed by atoms with Crippen molar-refractivity contribution in [2.45, 2.75) is 34.2 Å². The Morgan fingerprint density at radius 1 is 0.735 bits per heavy atom. The average Bonchev–Trinajstić information content (AvgIpc) is 3.50. The summed E-state index contributed by atoms with van der Waals surface area (Å²) in [4.78, 5) is 19.1. The Bertz CT molecular complexity index is 1840. The number of hydrogen-bond acceptors (Lipinski definition) is 5. The van der Waals surface area contributed by atoms with E-state index >= 15 is 0 Å². The highest BCUT2D eigenvalue weighted by Crippen LogP contribution is 2.49. The van der Waals surface area contributed by atoms with Crippen LogP contribution in [0.1, 0.15) is 33.5 Å². The number of rotatable bonds is 7. The number of thioether (sulfide) groups is 2. The van der Waals surface area contributed by atoms with E-state index in [9.17, 15) is 31.1 Å². The zero-order valence-electron chi connectivity index (χ0n) is 25.2. The summed E-state index contributed by atoms with van der Waals surface area (Å²) in [5, 5.41) is 4.05. The first-order valence-electron chi connectivity index (χ1n) is 13.8. The summed E-state index contributed by atoms with van der Waals surface area (Å²) < 4.78 is 81.7. The summed E-state index contributed by atoms with van der Waals surface area (Å²) in [5.74, 6) is -0.744. The minimum Gasteiger partial charge on any atom is -0.374 e. The Balaban J connectivity index is 0.000000221. The van der Waals surface area contributed by atoms with Gasteiger partial charge >= 0.3 is 12.4 Å². The molecule has 0 fully saturated rings. The van der Waals surface area contributed by atoms with Crippen molar-refractivity contribution in [2.75, 3.05) is 12.5 Å². The number of oxime groups is 1. The second kappa shape index (κ2) is 16.0. The SMILES string of the molecule is CSc1ccc(C(=O)C=C(c2cc(Cl)cc(Cl)c2)C(F)(F)F)cc1.CSc1ccc(C2=NOC(c3cc(Cl)cc(Cl)c3)(C(F)(F)F)C2)cc1.